The Morgan fingerprint density at radius 3 is 2.89 bits per heavy atom. The van der Waals surface area contributed by atoms with Gasteiger partial charge >= 0.3 is 0 Å². The molecule has 0 spiro atoms. The summed E-state index contributed by atoms with van der Waals surface area (Å²) in [4.78, 5) is 11.6. The minimum absolute atomic E-state index is 0.0310. The third kappa shape index (κ3) is 4.43. The van der Waals surface area contributed by atoms with Crippen LogP contribution in [0.1, 0.15) is 25.7 Å². The lowest BCUT2D eigenvalue weighted by Crippen LogP contribution is -2.35. The maximum atomic E-state index is 11.6. The first-order valence-electron chi connectivity index (χ1n) is 7.03. The SMILES string of the molecule is O=C(CCC1CCNC1)NCCN1CCCS1(=O)=O. The number of hydrogen-bond acceptors (Lipinski definition) is 4. The van der Waals surface area contributed by atoms with Crippen molar-refractivity contribution in [1.29, 1.82) is 0 Å². The second-order valence-electron chi connectivity index (χ2n) is 5.32. The Morgan fingerprint density at radius 2 is 2.26 bits per heavy atom. The Bertz CT molecular complexity index is 404. The van der Waals surface area contributed by atoms with E-state index in [9.17, 15) is 13.2 Å². The van der Waals surface area contributed by atoms with Crippen molar-refractivity contribution < 1.29 is 13.2 Å². The summed E-state index contributed by atoms with van der Waals surface area (Å²) in [6.45, 7) is 3.48. The fourth-order valence-corrected chi connectivity index (χ4v) is 4.18. The fourth-order valence-electron chi connectivity index (χ4n) is 2.65. The topological polar surface area (TPSA) is 78.5 Å². The summed E-state index contributed by atoms with van der Waals surface area (Å²) >= 11 is 0. The van der Waals surface area contributed by atoms with Gasteiger partial charge in [-0.2, -0.15) is 0 Å². The third-order valence-corrected chi connectivity index (χ3v) is 5.79. The van der Waals surface area contributed by atoms with Crippen LogP contribution in [-0.2, 0) is 14.8 Å². The molecule has 2 fully saturated rings. The van der Waals surface area contributed by atoms with Gasteiger partial charge in [0.25, 0.3) is 0 Å². The number of rotatable bonds is 6. The molecule has 0 saturated carbocycles. The predicted octanol–water partition coefficient (Wildman–Crippen LogP) is -0.472. The molecule has 2 rings (SSSR count). The average molecular weight is 289 g/mol. The first kappa shape index (κ1) is 14.7. The maximum Gasteiger partial charge on any atom is 0.220 e. The summed E-state index contributed by atoms with van der Waals surface area (Å²) in [6.07, 6.45) is 3.31. The molecule has 1 amide bonds. The van der Waals surface area contributed by atoms with Crippen LogP contribution >= 0.6 is 0 Å². The van der Waals surface area contributed by atoms with E-state index < -0.39 is 10.0 Å². The minimum atomic E-state index is -3.04. The smallest absolute Gasteiger partial charge is 0.220 e. The van der Waals surface area contributed by atoms with Gasteiger partial charge in [0.05, 0.1) is 5.75 Å². The van der Waals surface area contributed by atoms with Gasteiger partial charge in [-0.15, -0.1) is 0 Å². The molecule has 0 aromatic carbocycles. The molecule has 7 heteroatoms. The molecule has 0 aliphatic carbocycles. The van der Waals surface area contributed by atoms with Crippen molar-refractivity contribution in [2.45, 2.75) is 25.7 Å². The summed E-state index contributed by atoms with van der Waals surface area (Å²) in [5, 5.41) is 6.09. The molecule has 110 valence electrons. The van der Waals surface area contributed by atoms with E-state index in [1.54, 1.807) is 0 Å². The van der Waals surface area contributed by atoms with Gasteiger partial charge in [0.15, 0.2) is 0 Å². The molecule has 6 nitrogen and oxygen atoms in total. The Balaban J connectivity index is 1.58. The highest BCUT2D eigenvalue weighted by Crippen LogP contribution is 2.14. The molecule has 0 bridgehead atoms. The molecule has 2 heterocycles. The van der Waals surface area contributed by atoms with Gasteiger partial charge < -0.3 is 10.6 Å². The second-order valence-corrected chi connectivity index (χ2v) is 7.40. The highest BCUT2D eigenvalue weighted by atomic mass is 32.2. The number of amides is 1. The van der Waals surface area contributed by atoms with Crippen LogP contribution in [0, 0.1) is 5.92 Å². The van der Waals surface area contributed by atoms with E-state index in [1.165, 1.54) is 4.31 Å². The summed E-state index contributed by atoms with van der Waals surface area (Å²) in [7, 11) is -3.04. The highest BCUT2D eigenvalue weighted by Gasteiger charge is 2.27. The average Bonchev–Trinajstić information content (AvgIpc) is 2.97. The molecule has 2 saturated heterocycles. The monoisotopic (exact) mass is 289 g/mol. The van der Waals surface area contributed by atoms with Gasteiger partial charge in [-0.25, -0.2) is 12.7 Å². The van der Waals surface area contributed by atoms with Crippen molar-refractivity contribution in [1.82, 2.24) is 14.9 Å². The number of carbonyl (C=O) groups is 1. The van der Waals surface area contributed by atoms with Crippen LogP contribution in [0.2, 0.25) is 0 Å². The van der Waals surface area contributed by atoms with Gasteiger partial charge in [-0.1, -0.05) is 0 Å². The zero-order valence-electron chi connectivity index (χ0n) is 11.2. The van der Waals surface area contributed by atoms with Gasteiger partial charge in [0.2, 0.25) is 15.9 Å². The van der Waals surface area contributed by atoms with Crippen molar-refractivity contribution in [2.24, 2.45) is 5.92 Å². The summed E-state index contributed by atoms with van der Waals surface area (Å²) in [5.41, 5.74) is 0. The largest absolute Gasteiger partial charge is 0.355 e. The Labute approximate surface area is 115 Å². The zero-order chi connectivity index (χ0) is 13.7. The van der Waals surface area contributed by atoms with Crippen molar-refractivity contribution in [2.75, 3.05) is 38.5 Å². The molecule has 1 unspecified atom stereocenters. The van der Waals surface area contributed by atoms with Crippen molar-refractivity contribution in [3.05, 3.63) is 0 Å². The fraction of sp³-hybridized carbons (Fsp3) is 0.917. The normalized spacial score (nSPS) is 26.6. The maximum absolute atomic E-state index is 11.6. The molecule has 2 aliphatic heterocycles. The van der Waals surface area contributed by atoms with Gasteiger partial charge in [0, 0.05) is 26.1 Å². The third-order valence-electron chi connectivity index (χ3n) is 3.83. The molecule has 0 radical (unpaired) electrons. The van der Waals surface area contributed by atoms with Gasteiger partial charge in [0.1, 0.15) is 0 Å². The van der Waals surface area contributed by atoms with Crippen LogP contribution in [0.4, 0.5) is 0 Å². The van der Waals surface area contributed by atoms with Crippen LogP contribution in [0.3, 0.4) is 0 Å². The number of sulfonamides is 1. The predicted molar refractivity (Wildman–Crippen MR) is 73.2 cm³/mol. The van der Waals surface area contributed by atoms with Crippen molar-refractivity contribution in [3.8, 4) is 0 Å². The quantitative estimate of drug-likeness (QED) is 0.693. The minimum Gasteiger partial charge on any atom is -0.355 e. The first-order valence-corrected chi connectivity index (χ1v) is 8.64. The molecule has 2 N–H and O–H groups in total. The van der Waals surface area contributed by atoms with E-state index in [1.807, 2.05) is 0 Å². The van der Waals surface area contributed by atoms with E-state index in [2.05, 4.69) is 10.6 Å². The van der Waals surface area contributed by atoms with E-state index in [0.717, 1.165) is 25.9 Å². The number of carbonyl (C=O) groups excluding carboxylic acids is 1. The van der Waals surface area contributed by atoms with Crippen molar-refractivity contribution in [3.63, 3.8) is 0 Å². The number of nitrogens with zero attached hydrogens (tertiary/aromatic N) is 1. The van der Waals surface area contributed by atoms with E-state index in [4.69, 9.17) is 0 Å². The molecule has 2 aliphatic rings. The van der Waals surface area contributed by atoms with Gasteiger partial charge in [-0.05, 0) is 38.3 Å². The Hall–Kier alpha value is -0.660. The summed E-state index contributed by atoms with van der Waals surface area (Å²) in [5.74, 6) is 0.892. The zero-order valence-corrected chi connectivity index (χ0v) is 12.0. The second kappa shape index (κ2) is 6.67. The molecule has 0 aromatic rings. The van der Waals surface area contributed by atoms with E-state index in [0.29, 0.717) is 38.4 Å². The van der Waals surface area contributed by atoms with Crippen LogP contribution in [-0.4, -0.2) is 57.1 Å². The van der Waals surface area contributed by atoms with Gasteiger partial charge in [-0.3, -0.25) is 4.79 Å². The van der Waals surface area contributed by atoms with Crippen LogP contribution in [0.15, 0.2) is 0 Å². The Morgan fingerprint density at radius 1 is 1.42 bits per heavy atom. The number of hydrogen-bond donors (Lipinski definition) is 2. The Kier molecular flexibility index (Phi) is 5.18. The summed E-state index contributed by atoms with van der Waals surface area (Å²) < 4.78 is 24.6. The molecular weight excluding hydrogens is 266 g/mol. The standard InChI is InChI=1S/C12H23N3O3S/c16-12(3-2-11-4-5-13-10-11)14-6-8-15-7-1-9-19(15,17)18/h11,13H,1-10H2,(H,14,16). The molecule has 0 aromatic heterocycles. The van der Waals surface area contributed by atoms with Crippen LogP contribution in [0.25, 0.3) is 0 Å². The molecule has 1 atom stereocenters. The molecule has 19 heavy (non-hydrogen) atoms. The lowest BCUT2D eigenvalue weighted by atomic mass is 10.0. The highest BCUT2D eigenvalue weighted by molar-refractivity contribution is 7.89. The molecular formula is C12H23N3O3S. The van der Waals surface area contributed by atoms with E-state index >= 15 is 0 Å². The summed E-state index contributed by atoms with van der Waals surface area (Å²) in [6, 6.07) is 0. The van der Waals surface area contributed by atoms with Crippen LogP contribution in [0.5, 0.6) is 0 Å². The van der Waals surface area contributed by atoms with Crippen molar-refractivity contribution >= 4 is 15.9 Å². The first-order chi connectivity index (χ1) is 9.08. The van der Waals surface area contributed by atoms with Crippen LogP contribution < -0.4 is 10.6 Å². The van der Waals surface area contributed by atoms with E-state index in [-0.39, 0.29) is 11.7 Å². The lowest BCUT2D eigenvalue weighted by Gasteiger charge is -2.14. The lowest BCUT2D eigenvalue weighted by molar-refractivity contribution is -0.121. The number of nitrogens with one attached hydrogen (secondary N) is 2.